The molecule has 32 heavy (non-hydrogen) atoms. The summed E-state index contributed by atoms with van der Waals surface area (Å²) in [5, 5.41) is 2.29. The van der Waals surface area contributed by atoms with Crippen LogP contribution in [0.5, 0.6) is 5.75 Å². The Hall–Kier alpha value is -3.11. The molecule has 1 fully saturated rings. The van der Waals surface area contributed by atoms with E-state index in [-0.39, 0.29) is 16.4 Å². The second-order valence-corrected chi connectivity index (χ2v) is 8.42. The highest BCUT2D eigenvalue weighted by Gasteiger charge is 2.35. The van der Waals surface area contributed by atoms with Gasteiger partial charge in [0.05, 0.1) is 9.26 Å². The van der Waals surface area contributed by atoms with Crippen LogP contribution in [-0.2, 0) is 16.2 Å². The van der Waals surface area contributed by atoms with Crippen LogP contribution in [0.15, 0.2) is 78.4 Å². The van der Waals surface area contributed by atoms with Crippen LogP contribution in [0.4, 0.5) is 10.1 Å². The van der Waals surface area contributed by atoms with Gasteiger partial charge in [-0.25, -0.2) is 9.29 Å². The molecule has 3 aromatic rings. The molecule has 5 nitrogen and oxygen atoms in total. The number of thiocarbonyl (C=S) groups is 1. The molecule has 1 heterocycles. The lowest BCUT2D eigenvalue weighted by Crippen LogP contribution is -2.54. The molecule has 0 spiro atoms. The number of nitrogens with zero attached hydrogens (tertiary/aromatic N) is 1. The number of nitrogens with one attached hydrogen (secondary N) is 1. The Bertz CT molecular complexity index is 1250. The normalized spacial score (nSPS) is 15.1. The molecule has 1 N–H and O–H groups in total. The van der Waals surface area contributed by atoms with E-state index in [0.29, 0.717) is 17.9 Å². The van der Waals surface area contributed by atoms with Crippen molar-refractivity contribution in [3.63, 3.8) is 0 Å². The molecule has 160 valence electrons. The van der Waals surface area contributed by atoms with E-state index in [1.165, 1.54) is 24.3 Å². The van der Waals surface area contributed by atoms with Crippen LogP contribution in [0.25, 0.3) is 6.08 Å². The molecular formula is C24H16FIN2O3S. The highest BCUT2D eigenvalue weighted by molar-refractivity contribution is 14.1. The second kappa shape index (κ2) is 9.58. The largest absolute Gasteiger partial charge is 0.488 e. The Morgan fingerprint density at radius 3 is 2.47 bits per heavy atom. The SMILES string of the molecule is O=C1NC(=S)N(c2ccccc2F)C(=O)/C1=C/c1ccc(OCc2ccccc2)c(I)c1. The third-order valence-electron chi connectivity index (χ3n) is 4.70. The molecule has 0 atom stereocenters. The van der Waals surface area contributed by atoms with Gasteiger partial charge >= 0.3 is 0 Å². The molecule has 2 amide bonds. The molecule has 1 aliphatic rings. The van der Waals surface area contributed by atoms with E-state index in [1.54, 1.807) is 24.3 Å². The van der Waals surface area contributed by atoms with E-state index < -0.39 is 17.6 Å². The molecular weight excluding hydrogens is 542 g/mol. The quantitative estimate of drug-likeness (QED) is 0.211. The molecule has 4 rings (SSSR count). The average Bonchev–Trinajstić information content (AvgIpc) is 2.78. The monoisotopic (exact) mass is 558 g/mol. The van der Waals surface area contributed by atoms with Crippen LogP contribution in [0.1, 0.15) is 11.1 Å². The molecule has 1 saturated heterocycles. The van der Waals surface area contributed by atoms with Crippen molar-refractivity contribution in [3.8, 4) is 5.75 Å². The summed E-state index contributed by atoms with van der Waals surface area (Å²) in [6.45, 7) is 0.424. The summed E-state index contributed by atoms with van der Waals surface area (Å²) in [6, 6.07) is 20.9. The van der Waals surface area contributed by atoms with Crippen molar-refractivity contribution in [1.82, 2.24) is 5.32 Å². The molecule has 0 aromatic heterocycles. The summed E-state index contributed by atoms with van der Waals surface area (Å²) in [5.74, 6) is -1.26. The number of hydrogen-bond acceptors (Lipinski definition) is 4. The Labute approximate surface area is 203 Å². The summed E-state index contributed by atoms with van der Waals surface area (Å²) in [6.07, 6.45) is 1.45. The Kier molecular flexibility index (Phi) is 6.61. The highest BCUT2D eigenvalue weighted by atomic mass is 127. The fraction of sp³-hybridized carbons (Fsp3) is 0.0417. The number of rotatable bonds is 5. The zero-order valence-electron chi connectivity index (χ0n) is 16.5. The van der Waals surface area contributed by atoms with Crippen molar-refractivity contribution in [2.75, 3.05) is 4.90 Å². The Morgan fingerprint density at radius 1 is 1.03 bits per heavy atom. The first kappa shape index (κ1) is 22.1. The van der Waals surface area contributed by atoms with Gasteiger partial charge in [-0.2, -0.15) is 0 Å². The minimum Gasteiger partial charge on any atom is -0.488 e. The summed E-state index contributed by atoms with van der Waals surface area (Å²) >= 11 is 7.24. The fourth-order valence-corrected chi connectivity index (χ4v) is 4.10. The number of para-hydroxylation sites is 1. The van der Waals surface area contributed by atoms with E-state index in [2.05, 4.69) is 27.9 Å². The molecule has 3 aromatic carbocycles. The van der Waals surface area contributed by atoms with Gasteiger partial charge < -0.3 is 4.74 Å². The predicted molar refractivity (Wildman–Crippen MR) is 133 cm³/mol. The van der Waals surface area contributed by atoms with Gasteiger partial charge in [0, 0.05) is 0 Å². The first-order valence-electron chi connectivity index (χ1n) is 9.56. The van der Waals surface area contributed by atoms with Gasteiger partial charge in [-0.1, -0.05) is 48.5 Å². The average molecular weight is 558 g/mol. The van der Waals surface area contributed by atoms with E-state index in [4.69, 9.17) is 17.0 Å². The third kappa shape index (κ3) is 4.71. The van der Waals surface area contributed by atoms with E-state index in [0.717, 1.165) is 14.0 Å². The van der Waals surface area contributed by atoms with Crippen LogP contribution in [0.2, 0.25) is 0 Å². The van der Waals surface area contributed by atoms with E-state index in [1.807, 2.05) is 30.3 Å². The third-order valence-corrected chi connectivity index (χ3v) is 5.83. The maximum absolute atomic E-state index is 14.3. The van der Waals surface area contributed by atoms with Crippen molar-refractivity contribution in [2.45, 2.75) is 6.61 Å². The number of hydrogen-bond donors (Lipinski definition) is 1. The van der Waals surface area contributed by atoms with Crippen LogP contribution < -0.4 is 15.0 Å². The van der Waals surface area contributed by atoms with Crippen molar-refractivity contribution >= 4 is 63.5 Å². The molecule has 0 saturated carbocycles. The number of ether oxygens (including phenoxy) is 1. The number of carbonyl (C=O) groups is 2. The highest BCUT2D eigenvalue weighted by Crippen LogP contribution is 2.27. The lowest BCUT2D eigenvalue weighted by molar-refractivity contribution is -0.122. The van der Waals surface area contributed by atoms with E-state index >= 15 is 0 Å². The lowest BCUT2D eigenvalue weighted by atomic mass is 10.1. The van der Waals surface area contributed by atoms with Crippen LogP contribution in [0.3, 0.4) is 0 Å². The van der Waals surface area contributed by atoms with Crippen molar-refractivity contribution in [1.29, 1.82) is 0 Å². The number of benzene rings is 3. The van der Waals surface area contributed by atoms with Crippen molar-refractivity contribution in [3.05, 3.63) is 98.9 Å². The number of amides is 2. The summed E-state index contributed by atoms with van der Waals surface area (Å²) in [5.41, 5.74) is 1.51. The van der Waals surface area contributed by atoms with Gasteiger partial charge in [-0.3, -0.25) is 14.9 Å². The molecule has 0 bridgehead atoms. The minimum atomic E-state index is -0.691. The zero-order valence-corrected chi connectivity index (χ0v) is 19.5. The maximum Gasteiger partial charge on any atom is 0.270 e. The smallest absolute Gasteiger partial charge is 0.270 e. The van der Waals surface area contributed by atoms with Gasteiger partial charge in [-0.15, -0.1) is 0 Å². The fourth-order valence-electron chi connectivity index (χ4n) is 3.14. The maximum atomic E-state index is 14.3. The molecule has 1 aliphatic heterocycles. The number of carbonyl (C=O) groups excluding carboxylic acids is 2. The Morgan fingerprint density at radius 2 is 1.75 bits per heavy atom. The topological polar surface area (TPSA) is 58.6 Å². The zero-order chi connectivity index (χ0) is 22.7. The summed E-state index contributed by atoms with van der Waals surface area (Å²) in [7, 11) is 0. The first-order chi connectivity index (χ1) is 15.4. The van der Waals surface area contributed by atoms with Crippen LogP contribution in [0, 0.1) is 9.39 Å². The summed E-state index contributed by atoms with van der Waals surface area (Å²) < 4.78 is 21.0. The predicted octanol–water partition coefficient (Wildman–Crippen LogP) is 4.84. The molecule has 0 unspecified atom stereocenters. The van der Waals surface area contributed by atoms with Gasteiger partial charge in [0.1, 0.15) is 23.7 Å². The molecule has 0 aliphatic carbocycles. The van der Waals surface area contributed by atoms with Crippen LogP contribution in [-0.4, -0.2) is 16.9 Å². The molecule has 8 heteroatoms. The Balaban J connectivity index is 1.58. The number of halogens is 2. The first-order valence-corrected chi connectivity index (χ1v) is 11.0. The van der Waals surface area contributed by atoms with Gasteiger partial charge in [0.15, 0.2) is 5.11 Å². The van der Waals surface area contributed by atoms with Gasteiger partial charge in [0.25, 0.3) is 11.8 Å². The second-order valence-electron chi connectivity index (χ2n) is 6.87. The minimum absolute atomic E-state index is 0.0207. The van der Waals surface area contributed by atoms with Crippen molar-refractivity contribution < 1.29 is 18.7 Å². The van der Waals surface area contributed by atoms with E-state index in [9.17, 15) is 14.0 Å². The summed E-state index contributed by atoms with van der Waals surface area (Å²) in [4.78, 5) is 26.5. The lowest BCUT2D eigenvalue weighted by Gasteiger charge is -2.29. The van der Waals surface area contributed by atoms with Gasteiger partial charge in [-0.05, 0) is 76.3 Å². The standard InChI is InChI=1S/C24H16FIN2O3S/c25-18-8-4-5-9-20(18)28-23(30)17(22(29)27-24(28)32)12-16-10-11-21(19(26)13-16)31-14-15-6-2-1-3-7-15/h1-13H,14H2,(H,27,29,32)/b17-12+. The van der Waals surface area contributed by atoms with Crippen molar-refractivity contribution in [2.24, 2.45) is 0 Å². The van der Waals surface area contributed by atoms with Gasteiger partial charge in [0.2, 0.25) is 0 Å². The number of anilines is 1. The molecule has 0 radical (unpaired) electrons. The van der Waals surface area contributed by atoms with Crippen LogP contribution >= 0.6 is 34.8 Å².